The van der Waals surface area contributed by atoms with Crippen molar-refractivity contribution in [3.05, 3.63) is 66.0 Å². The highest BCUT2D eigenvalue weighted by Crippen LogP contribution is 2.35. The number of nitrogens with zero attached hydrogens (tertiary/aromatic N) is 2. The molecule has 0 amide bonds. The fourth-order valence-electron chi connectivity index (χ4n) is 4.91. The average molecular weight is 553 g/mol. The highest BCUT2D eigenvalue weighted by Gasteiger charge is 2.18. The summed E-state index contributed by atoms with van der Waals surface area (Å²) < 4.78 is 37.2. The van der Waals surface area contributed by atoms with Gasteiger partial charge in [0, 0.05) is 23.5 Å². The van der Waals surface area contributed by atoms with Gasteiger partial charge < -0.3 is 4.74 Å². The second-order valence-corrected chi connectivity index (χ2v) is 11.5. The largest absolute Gasteiger partial charge is 0.490 e. The van der Waals surface area contributed by atoms with E-state index in [0.29, 0.717) is 11.5 Å². The lowest BCUT2D eigenvalue weighted by Gasteiger charge is -2.09. The van der Waals surface area contributed by atoms with E-state index in [4.69, 9.17) is 9.72 Å². The van der Waals surface area contributed by atoms with Crippen molar-refractivity contribution in [2.75, 3.05) is 6.61 Å². The Balaban J connectivity index is 1.34. The standard InChI is InChI=1S/C33H42F2N2OS/c1-3-5-7-9-11-13-15-25-16-18-26(19-17-25)28-23-37-24-30(39-33(37)36-28)27-20-21-29(32(35)31(27)34)38-22-14-12-10-8-6-4-2/h16-21,23-24H,3-15,22H2,1-2H3. The van der Waals surface area contributed by atoms with Crippen LogP contribution in [-0.2, 0) is 6.42 Å². The second-order valence-electron chi connectivity index (χ2n) is 10.5. The van der Waals surface area contributed by atoms with Gasteiger partial charge in [0.05, 0.1) is 17.2 Å². The maximum atomic E-state index is 15.0. The van der Waals surface area contributed by atoms with E-state index < -0.39 is 11.6 Å². The number of rotatable bonds is 17. The summed E-state index contributed by atoms with van der Waals surface area (Å²) >= 11 is 1.35. The molecule has 0 saturated heterocycles. The number of ether oxygens (including phenoxy) is 1. The molecule has 0 aliphatic rings. The minimum absolute atomic E-state index is 0.0200. The number of aryl methyl sites for hydroxylation is 1. The molecule has 0 spiro atoms. The predicted molar refractivity (Wildman–Crippen MR) is 160 cm³/mol. The zero-order valence-electron chi connectivity index (χ0n) is 23.5. The van der Waals surface area contributed by atoms with E-state index >= 15 is 0 Å². The number of hydrogen-bond donors (Lipinski definition) is 0. The lowest BCUT2D eigenvalue weighted by Crippen LogP contribution is -2.01. The van der Waals surface area contributed by atoms with Crippen LogP contribution in [-0.4, -0.2) is 16.0 Å². The van der Waals surface area contributed by atoms with Crippen LogP contribution in [0.25, 0.3) is 26.7 Å². The van der Waals surface area contributed by atoms with E-state index in [2.05, 4.69) is 38.1 Å². The van der Waals surface area contributed by atoms with Gasteiger partial charge in [0.2, 0.25) is 5.82 Å². The molecular weight excluding hydrogens is 510 g/mol. The number of halogens is 2. The van der Waals surface area contributed by atoms with Gasteiger partial charge in [-0.05, 0) is 37.0 Å². The Hall–Kier alpha value is -2.73. The van der Waals surface area contributed by atoms with Crippen molar-refractivity contribution in [1.29, 1.82) is 0 Å². The Morgan fingerprint density at radius 2 is 1.41 bits per heavy atom. The van der Waals surface area contributed by atoms with Gasteiger partial charge >= 0.3 is 0 Å². The van der Waals surface area contributed by atoms with Crippen LogP contribution in [0.2, 0.25) is 0 Å². The summed E-state index contributed by atoms with van der Waals surface area (Å²) in [5.41, 5.74) is 3.53. The Morgan fingerprint density at radius 3 is 2.10 bits per heavy atom. The van der Waals surface area contributed by atoms with Gasteiger partial charge in [0.15, 0.2) is 16.5 Å². The quantitative estimate of drug-likeness (QED) is 0.122. The number of fused-ring (bicyclic) bond motifs is 1. The van der Waals surface area contributed by atoms with E-state index in [9.17, 15) is 8.78 Å². The maximum Gasteiger partial charge on any atom is 0.201 e. The molecule has 0 aliphatic carbocycles. The van der Waals surface area contributed by atoms with Crippen molar-refractivity contribution in [3.63, 3.8) is 0 Å². The summed E-state index contributed by atoms with van der Waals surface area (Å²) in [6.45, 7) is 4.83. The van der Waals surface area contributed by atoms with Crippen LogP contribution in [0.1, 0.15) is 96.5 Å². The first-order chi connectivity index (χ1) is 19.1. The van der Waals surface area contributed by atoms with Crippen molar-refractivity contribution in [3.8, 4) is 27.4 Å². The van der Waals surface area contributed by atoms with E-state index in [1.165, 1.54) is 80.8 Å². The van der Waals surface area contributed by atoms with Crippen LogP contribution < -0.4 is 4.74 Å². The molecule has 2 heterocycles. The van der Waals surface area contributed by atoms with Gasteiger partial charge in [-0.25, -0.2) is 9.37 Å². The van der Waals surface area contributed by atoms with Gasteiger partial charge in [-0.1, -0.05) is 114 Å². The van der Waals surface area contributed by atoms with Crippen molar-refractivity contribution in [2.24, 2.45) is 0 Å². The molecule has 39 heavy (non-hydrogen) atoms. The topological polar surface area (TPSA) is 26.5 Å². The molecule has 0 fully saturated rings. The third-order valence-corrected chi connectivity index (χ3v) is 8.32. The molecule has 0 N–H and O–H groups in total. The summed E-state index contributed by atoms with van der Waals surface area (Å²) in [6.07, 6.45) is 19.4. The van der Waals surface area contributed by atoms with Gasteiger partial charge in [-0.3, -0.25) is 4.40 Å². The van der Waals surface area contributed by atoms with Crippen molar-refractivity contribution in [1.82, 2.24) is 9.38 Å². The van der Waals surface area contributed by atoms with Crippen LogP contribution >= 0.6 is 11.3 Å². The fourth-order valence-corrected chi connectivity index (χ4v) is 5.89. The summed E-state index contributed by atoms with van der Waals surface area (Å²) in [5.74, 6) is -1.82. The minimum atomic E-state index is -0.925. The molecule has 2 aromatic carbocycles. The number of imidazole rings is 1. The Labute approximate surface area is 236 Å². The maximum absolute atomic E-state index is 15.0. The molecule has 0 unspecified atom stereocenters. The zero-order valence-corrected chi connectivity index (χ0v) is 24.3. The average Bonchev–Trinajstić information content (AvgIpc) is 3.52. The molecule has 4 aromatic rings. The smallest absolute Gasteiger partial charge is 0.201 e. The molecule has 2 aromatic heterocycles. The number of aromatic nitrogens is 2. The molecule has 0 bridgehead atoms. The Morgan fingerprint density at radius 1 is 0.744 bits per heavy atom. The molecule has 210 valence electrons. The van der Waals surface area contributed by atoms with Crippen LogP contribution in [0.5, 0.6) is 5.75 Å². The lowest BCUT2D eigenvalue weighted by molar-refractivity contribution is 0.285. The van der Waals surface area contributed by atoms with E-state index in [-0.39, 0.29) is 11.3 Å². The van der Waals surface area contributed by atoms with Gasteiger partial charge in [0.25, 0.3) is 0 Å². The van der Waals surface area contributed by atoms with E-state index in [0.717, 1.165) is 41.9 Å². The summed E-state index contributed by atoms with van der Waals surface area (Å²) in [5, 5.41) is 0. The number of benzene rings is 2. The molecule has 0 atom stereocenters. The number of thiazole rings is 1. The molecule has 0 saturated carbocycles. The van der Waals surface area contributed by atoms with Crippen molar-refractivity contribution < 1.29 is 13.5 Å². The predicted octanol–water partition coefficient (Wildman–Crippen LogP) is 10.7. The molecule has 3 nitrogen and oxygen atoms in total. The van der Waals surface area contributed by atoms with Crippen LogP contribution in [0.3, 0.4) is 0 Å². The Bertz CT molecular complexity index is 1260. The lowest BCUT2D eigenvalue weighted by atomic mass is 10.0. The first kappa shape index (κ1) is 29.3. The fraction of sp³-hybridized carbons (Fsp3) is 0.485. The van der Waals surface area contributed by atoms with Crippen molar-refractivity contribution in [2.45, 2.75) is 97.3 Å². The molecule has 0 radical (unpaired) electrons. The van der Waals surface area contributed by atoms with Crippen LogP contribution in [0, 0.1) is 11.6 Å². The summed E-state index contributed by atoms with van der Waals surface area (Å²) in [4.78, 5) is 6.14. The minimum Gasteiger partial charge on any atom is -0.490 e. The first-order valence-electron chi connectivity index (χ1n) is 14.8. The molecule has 6 heteroatoms. The Kier molecular flexibility index (Phi) is 11.4. The van der Waals surface area contributed by atoms with E-state index in [1.807, 2.05) is 16.8 Å². The van der Waals surface area contributed by atoms with Crippen LogP contribution in [0.4, 0.5) is 8.78 Å². The van der Waals surface area contributed by atoms with Gasteiger partial charge in [-0.2, -0.15) is 4.39 Å². The SMILES string of the molecule is CCCCCCCCOc1ccc(-c2cn3cc(-c4ccc(CCCCCCCC)cc4)nc3s2)c(F)c1F. The third kappa shape index (κ3) is 8.14. The second kappa shape index (κ2) is 15.2. The van der Waals surface area contributed by atoms with Crippen LogP contribution in [0.15, 0.2) is 48.8 Å². The van der Waals surface area contributed by atoms with Gasteiger partial charge in [0.1, 0.15) is 0 Å². The molecule has 4 rings (SSSR count). The number of hydrogen-bond acceptors (Lipinski definition) is 3. The summed E-state index contributed by atoms with van der Waals surface area (Å²) in [7, 11) is 0. The van der Waals surface area contributed by atoms with E-state index in [1.54, 1.807) is 6.07 Å². The molecular formula is C33H42F2N2OS. The van der Waals surface area contributed by atoms with Gasteiger partial charge in [-0.15, -0.1) is 0 Å². The highest BCUT2D eigenvalue weighted by molar-refractivity contribution is 7.20. The highest BCUT2D eigenvalue weighted by atomic mass is 32.1. The molecule has 0 aliphatic heterocycles. The van der Waals surface area contributed by atoms with Crippen molar-refractivity contribution >= 4 is 16.3 Å². The summed E-state index contributed by atoms with van der Waals surface area (Å²) in [6, 6.07) is 11.8. The third-order valence-electron chi connectivity index (χ3n) is 7.29. The zero-order chi connectivity index (χ0) is 27.5. The normalized spacial score (nSPS) is 11.5. The monoisotopic (exact) mass is 552 g/mol. The number of unbranched alkanes of at least 4 members (excludes halogenated alkanes) is 10. The first-order valence-corrected chi connectivity index (χ1v) is 15.6.